The van der Waals surface area contributed by atoms with Gasteiger partial charge >= 0.3 is 6.03 Å². The van der Waals surface area contributed by atoms with Crippen molar-refractivity contribution in [3.63, 3.8) is 0 Å². The Kier molecular flexibility index (Phi) is 4.87. The molecule has 17 heavy (non-hydrogen) atoms. The molecular weight excluding hydrogens is 216 g/mol. The van der Waals surface area contributed by atoms with E-state index in [9.17, 15) is 4.79 Å². The fraction of sp³-hybridized carbons (Fsp3) is 0.583. The molecule has 1 aromatic rings. The monoisotopic (exact) mass is 236 g/mol. The summed E-state index contributed by atoms with van der Waals surface area (Å²) in [5, 5.41) is 5.64. The average Bonchev–Trinajstić information content (AvgIpc) is 2.26. The van der Waals surface area contributed by atoms with Crippen LogP contribution in [0.5, 0.6) is 0 Å². The van der Waals surface area contributed by atoms with Crippen LogP contribution in [0.4, 0.5) is 4.79 Å². The van der Waals surface area contributed by atoms with E-state index in [0.29, 0.717) is 18.3 Å². The van der Waals surface area contributed by atoms with Crippen LogP contribution in [0.25, 0.3) is 0 Å². The Morgan fingerprint density at radius 2 is 2.12 bits per heavy atom. The van der Waals surface area contributed by atoms with Crippen molar-refractivity contribution in [2.75, 3.05) is 0 Å². The van der Waals surface area contributed by atoms with E-state index in [0.717, 1.165) is 5.69 Å². The number of hydrogen-bond donors (Lipinski definition) is 2. The number of carbonyl (C=O) groups excluding carboxylic acids is 1. The molecule has 0 saturated carbocycles. The summed E-state index contributed by atoms with van der Waals surface area (Å²) >= 11 is 0. The molecule has 0 aliphatic heterocycles. The second-order valence-electron chi connectivity index (χ2n) is 4.45. The lowest BCUT2D eigenvalue weighted by Gasteiger charge is -2.17. The third kappa shape index (κ3) is 4.80. The summed E-state index contributed by atoms with van der Waals surface area (Å²) in [5.74, 6) is 1.13. The highest BCUT2D eigenvalue weighted by atomic mass is 16.2. The summed E-state index contributed by atoms with van der Waals surface area (Å²) in [7, 11) is 0. The van der Waals surface area contributed by atoms with Gasteiger partial charge in [-0.15, -0.1) is 0 Å². The van der Waals surface area contributed by atoms with Gasteiger partial charge in [-0.1, -0.05) is 13.8 Å². The molecule has 1 aromatic heterocycles. The van der Waals surface area contributed by atoms with Gasteiger partial charge in [-0.3, -0.25) is 0 Å². The molecule has 1 unspecified atom stereocenters. The summed E-state index contributed by atoms with van der Waals surface area (Å²) in [6, 6.07) is 1.78. The van der Waals surface area contributed by atoms with Gasteiger partial charge in [0.05, 0.1) is 12.2 Å². The molecule has 5 heteroatoms. The Hall–Kier alpha value is -1.65. The van der Waals surface area contributed by atoms with Crippen LogP contribution < -0.4 is 10.6 Å². The van der Waals surface area contributed by atoms with Crippen LogP contribution in [0.3, 0.4) is 0 Å². The van der Waals surface area contributed by atoms with E-state index in [1.54, 1.807) is 12.3 Å². The molecular formula is C12H20N4O. The zero-order chi connectivity index (χ0) is 12.8. The van der Waals surface area contributed by atoms with E-state index in [-0.39, 0.29) is 12.1 Å². The summed E-state index contributed by atoms with van der Waals surface area (Å²) in [6.45, 7) is 8.36. The van der Waals surface area contributed by atoms with Crippen LogP contribution in [0, 0.1) is 12.8 Å². The fourth-order valence-electron chi connectivity index (χ4n) is 1.20. The number of nitrogens with one attached hydrogen (secondary N) is 2. The SMILES string of the molecule is Cc1nccc(CNC(=O)NC(C)C(C)C)n1. The average molecular weight is 236 g/mol. The lowest BCUT2D eigenvalue weighted by Crippen LogP contribution is -2.42. The quantitative estimate of drug-likeness (QED) is 0.835. The predicted octanol–water partition coefficient (Wildman–Crippen LogP) is 1.63. The maximum atomic E-state index is 11.6. The number of nitrogens with zero attached hydrogens (tertiary/aromatic N) is 2. The van der Waals surface area contributed by atoms with Crippen molar-refractivity contribution in [2.24, 2.45) is 5.92 Å². The third-order valence-corrected chi connectivity index (χ3v) is 2.62. The van der Waals surface area contributed by atoms with Gasteiger partial charge in [0.15, 0.2) is 0 Å². The molecule has 0 saturated heterocycles. The van der Waals surface area contributed by atoms with Crippen LogP contribution in [0.2, 0.25) is 0 Å². The lowest BCUT2D eigenvalue weighted by molar-refractivity contribution is 0.234. The van der Waals surface area contributed by atoms with E-state index >= 15 is 0 Å². The number of amides is 2. The molecule has 0 spiro atoms. The maximum Gasteiger partial charge on any atom is 0.315 e. The highest BCUT2D eigenvalue weighted by molar-refractivity contribution is 5.74. The Bertz CT molecular complexity index is 379. The number of hydrogen-bond acceptors (Lipinski definition) is 3. The highest BCUT2D eigenvalue weighted by Gasteiger charge is 2.10. The minimum absolute atomic E-state index is 0.155. The van der Waals surface area contributed by atoms with E-state index in [1.807, 2.05) is 13.8 Å². The Morgan fingerprint density at radius 1 is 1.41 bits per heavy atom. The number of urea groups is 1. The van der Waals surface area contributed by atoms with Crippen LogP contribution in [-0.4, -0.2) is 22.0 Å². The molecule has 1 rings (SSSR count). The van der Waals surface area contributed by atoms with Crippen LogP contribution in [0.15, 0.2) is 12.3 Å². The van der Waals surface area contributed by atoms with E-state index < -0.39 is 0 Å². The molecule has 1 atom stereocenters. The van der Waals surface area contributed by atoms with Crippen molar-refractivity contribution in [1.29, 1.82) is 0 Å². The van der Waals surface area contributed by atoms with Crippen molar-refractivity contribution in [3.05, 3.63) is 23.8 Å². The summed E-state index contributed by atoms with van der Waals surface area (Å²) in [6.07, 6.45) is 1.69. The van der Waals surface area contributed by atoms with Gasteiger partial charge in [0, 0.05) is 12.2 Å². The summed E-state index contributed by atoms with van der Waals surface area (Å²) in [4.78, 5) is 19.8. The first-order chi connectivity index (χ1) is 7.99. The number of carbonyl (C=O) groups is 1. The molecule has 0 aromatic carbocycles. The number of aromatic nitrogens is 2. The van der Waals surface area contributed by atoms with Gasteiger partial charge in [-0.2, -0.15) is 0 Å². The van der Waals surface area contributed by atoms with Crippen LogP contribution >= 0.6 is 0 Å². The largest absolute Gasteiger partial charge is 0.335 e. The standard InChI is InChI=1S/C12H20N4O/c1-8(2)9(3)15-12(17)14-7-11-5-6-13-10(4)16-11/h5-6,8-9H,7H2,1-4H3,(H2,14,15,17). The first-order valence-electron chi connectivity index (χ1n) is 5.82. The van der Waals surface area contributed by atoms with Crippen molar-refractivity contribution < 1.29 is 4.79 Å². The second kappa shape index (κ2) is 6.18. The van der Waals surface area contributed by atoms with Gasteiger partial charge < -0.3 is 10.6 Å². The van der Waals surface area contributed by atoms with Crippen LogP contribution in [-0.2, 0) is 6.54 Å². The zero-order valence-corrected chi connectivity index (χ0v) is 10.8. The number of aryl methyl sites for hydroxylation is 1. The summed E-state index contributed by atoms with van der Waals surface area (Å²) < 4.78 is 0. The topological polar surface area (TPSA) is 66.9 Å². The Labute approximate surface area is 102 Å². The molecule has 0 fully saturated rings. The predicted molar refractivity (Wildman–Crippen MR) is 66.4 cm³/mol. The van der Waals surface area contributed by atoms with Gasteiger partial charge in [-0.25, -0.2) is 14.8 Å². The van der Waals surface area contributed by atoms with Crippen LogP contribution in [0.1, 0.15) is 32.3 Å². The minimum atomic E-state index is -0.164. The van der Waals surface area contributed by atoms with Gasteiger partial charge in [-0.05, 0) is 25.8 Å². The molecule has 5 nitrogen and oxygen atoms in total. The smallest absolute Gasteiger partial charge is 0.315 e. The second-order valence-corrected chi connectivity index (χ2v) is 4.45. The third-order valence-electron chi connectivity index (χ3n) is 2.62. The Morgan fingerprint density at radius 3 is 2.71 bits per heavy atom. The Balaban J connectivity index is 2.38. The fourth-order valence-corrected chi connectivity index (χ4v) is 1.20. The van der Waals surface area contributed by atoms with Crippen molar-refractivity contribution in [3.8, 4) is 0 Å². The normalized spacial score (nSPS) is 12.3. The van der Waals surface area contributed by atoms with Crippen molar-refractivity contribution in [2.45, 2.75) is 40.3 Å². The first-order valence-corrected chi connectivity index (χ1v) is 5.82. The first kappa shape index (κ1) is 13.4. The molecule has 0 aliphatic rings. The highest BCUT2D eigenvalue weighted by Crippen LogP contribution is 1.99. The van der Waals surface area contributed by atoms with Crippen molar-refractivity contribution in [1.82, 2.24) is 20.6 Å². The summed E-state index contributed by atoms with van der Waals surface area (Å²) in [5.41, 5.74) is 0.810. The van der Waals surface area contributed by atoms with E-state index in [2.05, 4.69) is 34.4 Å². The molecule has 0 bridgehead atoms. The molecule has 2 amide bonds. The van der Waals surface area contributed by atoms with Gasteiger partial charge in [0.2, 0.25) is 0 Å². The molecule has 0 radical (unpaired) electrons. The molecule has 94 valence electrons. The minimum Gasteiger partial charge on any atom is -0.335 e. The maximum absolute atomic E-state index is 11.6. The zero-order valence-electron chi connectivity index (χ0n) is 10.8. The van der Waals surface area contributed by atoms with Gasteiger partial charge in [0.1, 0.15) is 5.82 Å². The van der Waals surface area contributed by atoms with E-state index in [4.69, 9.17) is 0 Å². The van der Waals surface area contributed by atoms with E-state index in [1.165, 1.54) is 0 Å². The molecule has 0 aliphatic carbocycles. The molecule has 2 N–H and O–H groups in total. The lowest BCUT2D eigenvalue weighted by atomic mass is 10.1. The van der Waals surface area contributed by atoms with Crippen molar-refractivity contribution >= 4 is 6.03 Å². The molecule has 1 heterocycles. The van der Waals surface area contributed by atoms with Gasteiger partial charge in [0.25, 0.3) is 0 Å². The number of rotatable bonds is 4.